The maximum absolute atomic E-state index is 5.80. The summed E-state index contributed by atoms with van der Waals surface area (Å²) in [6.45, 7) is 17.4. The summed E-state index contributed by atoms with van der Waals surface area (Å²) in [7, 11) is 0. The number of hydrogen-bond acceptors (Lipinski definition) is 5. The molecular formula is C21H43N3OS. The molecule has 4 nitrogen and oxygen atoms in total. The van der Waals surface area contributed by atoms with Gasteiger partial charge >= 0.3 is 0 Å². The molecule has 26 heavy (non-hydrogen) atoms. The highest BCUT2D eigenvalue weighted by Crippen LogP contribution is 2.33. The van der Waals surface area contributed by atoms with E-state index in [1.165, 1.54) is 30.8 Å². The first-order valence-corrected chi connectivity index (χ1v) is 11.7. The molecule has 0 amide bonds. The minimum atomic E-state index is 0.163. The van der Waals surface area contributed by atoms with E-state index in [4.69, 9.17) is 4.74 Å². The van der Waals surface area contributed by atoms with Gasteiger partial charge in [0, 0.05) is 30.0 Å². The highest BCUT2D eigenvalue weighted by Gasteiger charge is 2.36. The van der Waals surface area contributed by atoms with Gasteiger partial charge in [0.25, 0.3) is 0 Å². The highest BCUT2D eigenvalue weighted by molar-refractivity contribution is 7.99. The molecule has 0 aromatic carbocycles. The van der Waals surface area contributed by atoms with Crippen molar-refractivity contribution in [3.8, 4) is 0 Å². The van der Waals surface area contributed by atoms with E-state index in [0.29, 0.717) is 29.3 Å². The Labute approximate surface area is 166 Å². The second kappa shape index (κ2) is 9.60. The summed E-state index contributed by atoms with van der Waals surface area (Å²) >= 11 is 2.09. The molecule has 2 saturated heterocycles. The van der Waals surface area contributed by atoms with Crippen molar-refractivity contribution in [2.75, 3.05) is 18.1 Å². The van der Waals surface area contributed by atoms with E-state index in [2.05, 4.69) is 76.4 Å². The molecule has 0 radical (unpaired) electrons. The van der Waals surface area contributed by atoms with Crippen LogP contribution in [0.25, 0.3) is 0 Å². The molecule has 2 aliphatic heterocycles. The van der Waals surface area contributed by atoms with Crippen LogP contribution in [0.5, 0.6) is 0 Å². The summed E-state index contributed by atoms with van der Waals surface area (Å²) in [6, 6.07) is 1.02. The van der Waals surface area contributed by atoms with Gasteiger partial charge < -0.3 is 10.1 Å². The van der Waals surface area contributed by atoms with E-state index < -0.39 is 0 Å². The predicted molar refractivity (Wildman–Crippen MR) is 114 cm³/mol. The lowest BCUT2D eigenvalue weighted by Gasteiger charge is -2.44. The average Bonchev–Trinajstić information content (AvgIpc) is 2.52. The lowest BCUT2D eigenvalue weighted by molar-refractivity contribution is -0.0190. The molecule has 2 fully saturated rings. The second-order valence-corrected chi connectivity index (χ2v) is 11.4. The molecule has 2 rings (SSSR count). The summed E-state index contributed by atoms with van der Waals surface area (Å²) < 4.78 is 5.80. The van der Waals surface area contributed by atoms with E-state index in [-0.39, 0.29) is 11.8 Å². The summed E-state index contributed by atoms with van der Waals surface area (Å²) in [5.41, 5.74) is 7.57. The highest BCUT2D eigenvalue weighted by atomic mass is 32.2. The minimum Gasteiger partial charge on any atom is -0.362 e. The molecule has 3 N–H and O–H groups in total. The van der Waals surface area contributed by atoms with Crippen LogP contribution in [0.1, 0.15) is 74.1 Å². The molecule has 0 aliphatic carbocycles. The molecule has 5 atom stereocenters. The Balaban J connectivity index is 1.85. The second-order valence-electron chi connectivity index (χ2n) is 10.4. The minimum absolute atomic E-state index is 0.163. The number of hydrazine groups is 1. The maximum Gasteiger partial charge on any atom is 0.120 e. The fourth-order valence-electron chi connectivity index (χ4n) is 4.86. The zero-order valence-corrected chi connectivity index (χ0v) is 19.0. The number of nitrogens with one attached hydrogen (secondary N) is 3. The predicted octanol–water partition coefficient (Wildman–Crippen LogP) is 4.17. The Morgan fingerprint density at radius 3 is 2.42 bits per heavy atom. The van der Waals surface area contributed by atoms with Crippen LogP contribution >= 0.6 is 11.8 Å². The number of rotatable bonds is 7. The van der Waals surface area contributed by atoms with E-state index in [9.17, 15) is 0 Å². The molecule has 0 aromatic rings. The van der Waals surface area contributed by atoms with Crippen molar-refractivity contribution in [1.29, 1.82) is 0 Å². The normalized spacial score (nSPS) is 32.4. The van der Waals surface area contributed by atoms with Gasteiger partial charge in [0.2, 0.25) is 0 Å². The first-order valence-electron chi connectivity index (χ1n) is 10.6. The van der Waals surface area contributed by atoms with Gasteiger partial charge in [-0.3, -0.25) is 5.43 Å². The Kier molecular flexibility index (Phi) is 8.30. The van der Waals surface area contributed by atoms with E-state index in [1.807, 2.05) is 0 Å². The van der Waals surface area contributed by atoms with Crippen LogP contribution in [-0.4, -0.2) is 42.0 Å². The van der Waals surface area contributed by atoms with Crippen molar-refractivity contribution in [3.63, 3.8) is 0 Å². The first kappa shape index (κ1) is 22.5. The molecule has 0 saturated carbocycles. The molecular weight excluding hydrogens is 342 g/mol. The molecule has 2 heterocycles. The van der Waals surface area contributed by atoms with E-state index >= 15 is 0 Å². The first-order chi connectivity index (χ1) is 12.1. The van der Waals surface area contributed by atoms with Crippen LogP contribution < -0.4 is 16.2 Å². The fourth-order valence-corrected chi connectivity index (χ4v) is 6.50. The topological polar surface area (TPSA) is 45.3 Å². The number of ether oxygens (including phenoxy) is 1. The monoisotopic (exact) mass is 385 g/mol. The molecule has 0 bridgehead atoms. The third-order valence-corrected chi connectivity index (χ3v) is 6.98. The van der Waals surface area contributed by atoms with Crippen molar-refractivity contribution in [2.45, 2.75) is 98.0 Å². The smallest absolute Gasteiger partial charge is 0.120 e. The van der Waals surface area contributed by atoms with Crippen molar-refractivity contribution >= 4 is 11.8 Å². The van der Waals surface area contributed by atoms with Crippen LogP contribution in [0.15, 0.2) is 0 Å². The summed E-state index contributed by atoms with van der Waals surface area (Å²) in [4.78, 5) is 0. The molecule has 0 spiro atoms. The van der Waals surface area contributed by atoms with E-state index in [0.717, 1.165) is 13.0 Å². The van der Waals surface area contributed by atoms with Crippen molar-refractivity contribution < 1.29 is 4.74 Å². The maximum atomic E-state index is 5.80. The lowest BCUT2D eigenvalue weighted by Crippen LogP contribution is -2.58. The zero-order valence-electron chi connectivity index (χ0n) is 18.2. The average molecular weight is 386 g/mol. The van der Waals surface area contributed by atoms with Gasteiger partial charge in [-0.2, -0.15) is 11.8 Å². The van der Waals surface area contributed by atoms with Gasteiger partial charge in [0.1, 0.15) is 6.23 Å². The summed E-state index contributed by atoms with van der Waals surface area (Å²) in [6.07, 6.45) is 4.94. The van der Waals surface area contributed by atoms with E-state index in [1.54, 1.807) is 0 Å². The quantitative estimate of drug-likeness (QED) is 0.574. The van der Waals surface area contributed by atoms with Crippen LogP contribution in [-0.2, 0) is 4.74 Å². The van der Waals surface area contributed by atoms with Gasteiger partial charge in [-0.05, 0) is 69.5 Å². The number of hydrogen-bond donors (Lipinski definition) is 3. The molecule has 0 aromatic heterocycles. The largest absolute Gasteiger partial charge is 0.362 e. The zero-order chi connectivity index (χ0) is 19.4. The van der Waals surface area contributed by atoms with Crippen LogP contribution in [0.4, 0.5) is 0 Å². The van der Waals surface area contributed by atoms with Gasteiger partial charge in [0.05, 0.1) is 0 Å². The standard InChI is InChI=1S/C21H43N3OS/c1-15-17(16(2)22-21(6,7)14-20(3,4)5)12-26-13-18(15)23-24-19-10-8-9-11-25-19/h15-19,22-24H,8-14H2,1-7H3/t15-,16+,17-,18?,19?/m1/s1. The summed E-state index contributed by atoms with van der Waals surface area (Å²) in [5, 5.41) is 3.95. The Bertz CT molecular complexity index is 418. The van der Waals surface area contributed by atoms with Crippen molar-refractivity contribution in [3.05, 3.63) is 0 Å². The SMILES string of the molecule is C[C@H](NC(C)(C)CC(C)(C)C)[C@@H]1CSCC(NNC2CCCCO2)[C@@H]1C. The van der Waals surface area contributed by atoms with Crippen molar-refractivity contribution in [1.82, 2.24) is 16.2 Å². The summed E-state index contributed by atoms with van der Waals surface area (Å²) in [5.74, 6) is 3.74. The van der Waals surface area contributed by atoms with Gasteiger partial charge in [-0.1, -0.05) is 27.7 Å². The fraction of sp³-hybridized carbons (Fsp3) is 1.00. The van der Waals surface area contributed by atoms with Gasteiger partial charge in [-0.25, -0.2) is 5.43 Å². The molecule has 154 valence electrons. The van der Waals surface area contributed by atoms with Crippen LogP contribution in [0.2, 0.25) is 0 Å². The molecule has 5 heteroatoms. The third-order valence-electron chi connectivity index (χ3n) is 5.76. The van der Waals surface area contributed by atoms with Crippen LogP contribution in [0, 0.1) is 17.3 Å². The molecule has 2 aliphatic rings. The Morgan fingerprint density at radius 1 is 1.08 bits per heavy atom. The van der Waals surface area contributed by atoms with Gasteiger partial charge in [-0.15, -0.1) is 0 Å². The van der Waals surface area contributed by atoms with Gasteiger partial charge in [0.15, 0.2) is 0 Å². The lowest BCUT2D eigenvalue weighted by atomic mass is 9.79. The Morgan fingerprint density at radius 2 is 1.81 bits per heavy atom. The Hall–Kier alpha value is 0.190. The van der Waals surface area contributed by atoms with Crippen LogP contribution in [0.3, 0.4) is 0 Å². The number of thioether (sulfide) groups is 1. The third kappa shape index (κ3) is 7.31. The molecule has 2 unspecified atom stereocenters. The van der Waals surface area contributed by atoms with Crippen molar-refractivity contribution in [2.24, 2.45) is 17.3 Å².